The van der Waals surface area contributed by atoms with Crippen LogP contribution in [0, 0.1) is 11.3 Å². The molecule has 3 rings (SSSR count). The quantitative estimate of drug-likeness (QED) is 0.920. The SMILES string of the molecule is CC1CC(C#N)(Nc2ccc(Cl)cc2)CN1C1CC1. The van der Waals surface area contributed by atoms with Gasteiger partial charge in [0, 0.05) is 35.8 Å². The van der Waals surface area contributed by atoms with Crippen molar-refractivity contribution in [3.05, 3.63) is 29.3 Å². The van der Waals surface area contributed by atoms with Crippen molar-refractivity contribution in [3.63, 3.8) is 0 Å². The topological polar surface area (TPSA) is 39.1 Å². The summed E-state index contributed by atoms with van der Waals surface area (Å²) in [6.45, 7) is 3.04. The van der Waals surface area contributed by atoms with Crippen molar-refractivity contribution in [3.8, 4) is 6.07 Å². The molecule has 3 nitrogen and oxygen atoms in total. The highest BCUT2D eigenvalue weighted by atomic mass is 35.5. The Kier molecular flexibility index (Phi) is 3.16. The summed E-state index contributed by atoms with van der Waals surface area (Å²) in [6.07, 6.45) is 3.45. The van der Waals surface area contributed by atoms with E-state index in [1.165, 1.54) is 12.8 Å². The van der Waals surface area contributed by atoms with Crippen molar-refractivity contribution in [2.45, 2.75) is 43.8 Å². The second-order valence-electron chi connectivity index (χ2n) is 5.78. The molecule has 0 spiro atoms. The van der Waals surface area contributed by atoms with Crippen LogP contribution in [-0.4, -0.2) is 29.1 Å². The van der Waals surface area contributed by atoms with Gasteiger partial charge in [0.15, 0.2) is 0 Å². The summed E-state index contributed by atoms with van der Waals surface area (Å²) < 4.78 is 0. The van der Waals surface area contributed by atoms with Crippen LogP contribution in [-0.2, 0) is 0 Å². The molecule has 1 heterocycles. The van der Waals surface area contributed by atoms with E-state index in [2.05, 4.69) is 23.2 Å². The largest absolute Gasteiger partial charge is 0.366 e. The van der Waals surface area contributed by atoms with Gasteiger partial charge in [-0.15, -0.1) is 0 Å². The average molecular weight is 276 g/mol. The normalized spacial score (nSPS) is 31.1. The predicted molar refractivity (Wildman–Crippen MR) is 77.2 cm³/mol. The molecule has 100 valence electrons. The van der Waals surface area contributed by atoms with E-state index in [0.29, 0.717) is 12.1 Å². The Hall–Kier alpha value is -1.24. The average Bonchev–Trinajstić information content (AvgIpc) is 3.18. The maximum Gasteiger partial charge on any atom is 0.139 e. The first-order valence-electron chi connectivity index (χ1n) is 6.83. The molecule has 19 heavy (non-hydrogen) atoms. The summed E-state index contributed by atoms with van der Waals surface area (Å²) in [4.78, 5) is 2.48. The lowest BCUT2D eigenvalue weighted by Gasteiger charge is -2.24. The standard InChI is InChI=1S/C15H18ClN3/c1-11-8-15(9-17,10-19(11)14-6-7-14)18-13-4-2-12(16)3-5-13/h2-5,11,14,18H,6-8,10H2,1H3. The van der Waals surface area contributed by atoms with Gasteiger partial charge in [-0.2, -0.15) is 5.26 Å². The smallest absolute Gasteiger partial charge is 0.139 e. The van der Waals surface area contributed by atoms with Gasteiger partial charge in [0.2, 0.25) is 0 Å². The molecule has 1 aliphatic heterocycles. The second kappa shape index (κ2) is 4.70. The molecule has 1 N–H and O–H groups in total. The summed E-state index contributed by atoms with van der Waals surface area (Å²) in [5, 5.41) is 13.7. The van der Waals surface area contributed by atoms with Crippen LogP contribution in [0.1, 0.15) is 26.2 Å². The Morgan fingerprint density at radius 3 is 2.63 bits per heavy atom. The van der Waals surface area contributed by atoms with Gasteiger partial charge >= 0.3 is 0 Å². The molecule has 2 aliphatic rings. The van der Waals surface area contributed by atoms with Crippen molar-refractivity contribution in [1.29, 1.82) is 5.26 Å². The van der Waals surface area contributed by atoms with Crippen LogP contribution in [0.4, 0.5) is 5.69 Å². The molecule has 1 aromatic rings. The van der Waals surface area contributed by atoms with Crippen LogP contribution >= 0.6 is 11.6 Å². The Morgan fingerprint density at radius 1 is 1.37 bits per heavy atom. The third-order valence-electron chi connectivity index (χ3n) is 4.12. The first-order chi connectivity index (χ1) is 9.12. The van der Waals surface area contributed by atoms with E-state index in [0.717, 1.165) is 23.7 Å². The van der Waals surface area contributed by atoms with E-state index in [1.54, 1.807) is 0 Å². The monoisotopic (exact) mass is 275 g/mol. The van der Waals surface area contributed by atoms with E-state index in [9.17, 15) is 5.26 Å². The van der Waals surface area contributed by atoms with E-state index in [-0.39, 0.29) is 0 Å². The van der Waals surface area contributed by atoms with Crippen LogP contribution in [0.2, 0.25) is 5.02 Å². The predicted octanol–water partition coefficient (Wildman–Crippen LogP) is 3.27. The highest BCUT2D eigenvalue weighted by molar-refractivity contribution is 6.30. The summed E-state index contributed by atoms with van der Waals surface area (Å²) in [5.74, 6) is 0. The summed E-state index contributed by atoms with van der Waals surface area (Å²) in [7, 11) is 0. The highest BCUT2D eigenvalue weighted by Crippen LogP contribution is 2.38. The van der Waals surface area contributed by atoms with E-state index >= 15 is 0 Å². The first kappa shape index (κ1) is 12.8. The summed E-state index contributed by atoms with van der Waals surface area (Å²) >= 11 is 5.89. The number of likely N-dealkylation sites (tertiary alicyclic amines) is 1. The molecule has 2 fully saturated rings. The van der Waals surface area contributed by atoms with Crippen LogP contribution in [0.15, 0.2) is 24.3 Å². The fraction of sp³-hybridized carbons (Fsp3) is 0.533. The van der Waals surface area contributed by atoms with Crippen molar-refractivity contribution in [1.82, 2.24) is 4.90 Å². The molecule has 1 saturated carbocycles. The molecule has 2 atom stereocenters. The summed E-state index contributed by atoms with van der Waals surface area (Å²) in [6, 6.07) is 11.3. The van der Waals surface area contributed by atoms with Crippen molar-refractivity contribution < 1.29 is 0 Å². The molecule has 0 aromatic heterocycles. The number of hydrogen-bond donors (Lipinski definition) is 1. The minimum atomic E-state index is -0.462. The molecule has 0 radical (unpaired) electrons. The Balaban J connectivity index is 1.77. The fourth-order valence-electron chi connectivity index (χ4n) is 3.06. The number of nitrogens with one attached hydrogen (secondary N) is 1. The molecule has 0 amide bonds. The second-order valence-corrected chi connectivity index (χ2v) is 6.22. The van der Waals surface area contributed by atoms with Crippen LogP contribution in [0.25, 0.3) is 0 Å². The van der Waals surface area contributed by atoms with Gasteiger partial charge in [0.05, 0.1) is 6.07 Å². The minimum Gasteiger partial charge on any atom is -0.366 e. The van der Waals surface area contributed by atoms with Crippen LogP contribution in [0.3, 0.4) is 0 Å². The third kappa shape index (κ3) is 2.56. The van der Waals surface area contributed by atoms with Gasteiger partial charge in [-0.05, 0) is 44.0 Å². The minimum absolute atomic E-state index is 0.462. The van der Waals surface area contributed by atoms with Crippen LogP contribution < -0.4 is 5.32 Å². The lowest BCUT2D eigenvalue weighted by atomic mass is 9.98. The van der Waals surface area contributed by atoms with Gasteiger partial charge in [-0.1, -0.05) is 11.6 Å². The third-order valence-corrected chi connectivity index (χ3v) is 4.37. The molecule has 0 bridgehead atoms. The van der Waals surface area contributed by atoms with Crippen molar-refractivity contribution in [2.24, 2.45) is 0 Å². The van der Waals surface area contributed by atoms with Crippen LogP contribution in [0.5, 0.6) is 0 Å². The Bertz CT molecular complexity index is 503. The van der Waals surface area contributed by atoms with Gasteiger partial charge in [0.1, 0.15) is 5.54 Å². The zero-order valence-electron chi connectivity index (χ0n) is 11.1. The lowest BCUT2D eigenvalue weighted by molar-refractivity contribution is 0.255. The number of anilines is 1. The number of nitrogens with zero attached hydrogens (tertiary/aromatic N) is 2. The number of benzene rings is 1. The lowest BCUT2D eigenvalue weighted by Crippen LogP contribution is -2.40. The molecular weight excluding hydrogens is 258 g/mol. The van der Waals surface area contributed by atoms with Gasteiger partial charge in [-0.25, -0.2) is 0 Å². The first-order valence-corrected chi connectivity index (χ1v) is 7.20. The fourth-order valence-corrected chi connectivity index (χ4v) is 3.18. The zero-order chi connectivity index (χ0) is 13.5. The van der Waals surface area contributed by atoms with Gasteiger partial charge < -0.3 is 5.32 Å². The molecule has 2 unspecified atom stereocenters. The van der Waals surface area contributed by atoms with Gasteiger partial charge in [-0.3, -0.25) is 4.90 Å². The summed E-state index contributed by atoms with van der Waals surface area (Å²) in [5.41, 5.74) is 0.506. The maximum absolute atomic E-state index is 9.60. The van der Waals surface area contributed by atoms with E-state index < -0.39 is 5.54 Å². The zero-order valence-corrected chi connectivity index (χ0v) is 11.8. The number of rotatable bonds is 3. The molecular formula is C15H18ClN3. The maximum atomic E-state index is 9.60. The molecule has 1 saturated heterocycles. The van der Waals surface area contributed by atoms with Crippen molar-refractivity contribution in [2.75, 3.05) is 11.9 Å². The molecule has 1 aliphatic carbocycles. The van der Waals surface area contributed by atoms with E-state index in [4.69, 9.17) is 11.6 Å². The number of hydrogen-bond acceptors (Lipinski definition) is 3. The van der Waals surface area contributed by atoms with Gasteiger partial charge in [0.25, 0.3) is 0 Å². The Labute approximate surface area is 119 Å². The number of halogens is 1. The highest BCUT2D eigenvalue weighted by Gasteiger charge is 2.47. The Morgan fingerprint density at radius 2 is 2.05 bits per heavy atom. The molecule has 4 heteroatoms. The number of nitriles is 1. The molecule has 1 aromatic carbocycles. The van der Waals surface area contributed by atoms with E-state index in [1.807, 2.05) is 24.3 Å². The van der Waals surface area contributed by atoms with Crippen molar-refractivity contribution >= 4 is 17.3 Å².